The molecule has 0 amide bonds. The lowest BCUT2D eigenvalue weighted by Gasteiger charge is -2.02. The summed E-state index contributed by atoms with van der Waals surface area (Å²) >= 11 is 0. The van der Waals surface area contributed by atoms with Crippen LogP contribution in [0, 0.1) is 0 Å². The fraction of sp³-hybridized carbons (Fsp3) is 0.154. The van der Waals surface area contributed by atoms with Crippen molar-refractivity contribution in [3.8, 4) is 0 Å². The van der Waals surface area contributed by atoms with E-state index < -0.39 is 5.97 Å². The zero-order valence-electron chi connectivity index (χ0n) is 9.22. The number of H-pyrrole nitrogens is 1. The predicted molar refractivity (Wildman–Crippen MR) is 62.7 cm³/mol. The lowest BCUT2D eigenvalue weighted by atomic mass is 10.2. The third-order valence-electron chi connectivity index (χ3n) is 2.35. The standard InChI is InChI=1S/C13H13NO3/c15-13(16)12-7-6-11(14-12)9-17-8-10-4-2-1-3-5-10/h1-7,14H,8-9H2,(H,15,16). The number of carbonyl (C=O) groups is 1. The molecule has 0 fully saturated rings. The summed E-state index contributed by atoms with van der Waals surface area (Å²) in [6.07, 6.45) is 0. The third kappa shape index (κ3) is 3.19. The number of aromatic carboxylic acids is 1. The van der Waals surface area contributed by atoms with E-state index in [1.807, 2.05) is 30.3 Å². The Kier molecular flexibility index (Phi) is 3.57. The smallest absolute Gasteiger partial charge is 0.352 e. The van der Waals surface area contributed by atoms with Crippen LogP contribution in [0.15, 0.2) is 42.5 Å². The van der Waals surface area contributed by atoms with Gasteiger partial charge in [-0.15, -0.1) is 0 Å². The summed E-state index contributed by atoms with van der Waals surface area (Å²) in [5, 5.41) is 8.73. The van der Waals surface area contributed by atoms with Crippen LogP contribution in [0.25, 0.3) is 0 Å². The third-order valence-corrected chi connectivity index (χ3v) is 2.35. The number of ether oxygens (including phenoxy) is 1. The van der Waals surface area contributed by atoms with Gasteiger partial charge in [0.2, 0.25) is 0 Å². The number of hydrogen-bond donors (Lipinski definition) is 2. The number of carboxylic acids is 1. The van der Waals surface area contributed by atoms with Gasteiger partial charge in [-0.05, 0) is 17.7 Å². The van der Waals surface area contributed by atoms with Crippen LogP contribution in [0.3, 0.4) is 0 Å². The molecule has 0 bridgehead atoms. The van der Waals surface area contributed by atoms with E-state index in [-0.39, 0.29) is 5.69 Å². The van der Waals surface area contributed by atoms with Crippen LogP contribution in [0.4, 0.5) is 0 Å². The molecule has 4 nitrogen and oxygen atoms in total. The van der Waals surface area contributed by atoms with E-state index in [0.717, 1.165) is 11.3 Å². The van der Waals surface area contributed by atoms with Gasteiger partial charge >= 0.3 is 5.97 Å². The van der Waals surface area contributed by atoms with Crippen molar-refractivity contribution < 1.29 is 14.6 Å². The van der Waals surface area contributed by atoms with Crippen LogP contribution in [0.5, 0.6) is 0 Å². The molecule has 0 atom stereocenters. The highest BCUT2D eigenvalue weighted by molar-refractivity contribution is 5.85. The molecule has 4 heteroatoms. The monoisotopic (exact) mass is 231 g/mol. The van der Waals surface area contributed by atoms with Gasteiger partial charge in [0.15, 0.2) is 0 Å². The molecule has 0 aliphatic heterocycles. The highest BCUT2D eigenvalue weighted by atomic mass is 16.5. The highest BCUT2D eigenvalue weighted by Crippen LogP contribution is 2.06. The lowest BCUT2D eigenvalue weighted by Crippen LogP contribution is -1.98. The van der Waals surface area contributed by atoms with Gasteiger partial charge in [-0.25, -0.2) is 4.79 Å². The van der Waals surface area contributed by atoms with E-state index in [1.54, 1.807) is 6.07 Å². The molecular formula is C13H13NO3. The van der Waals surface area contributed by atoms with Crippen molar-refractivity contribution in [1.29, 1.82) is 0 Å². The van der Waals surface area contributed by atoms with Gasteiger partial charge in [0.1, 0.15) is 5.69 Å². The zero-order valence-corrected chi connectivity index (χ0v) is 9.22. The Morgan fingerprint density at radius 2 is 1.88 bits per heavy atom. The highest BCUT2D eigenvalue weighted by Gasteiger charge is 2.05. The predicted octanol–water partition coefficient (Wildman–Crippen LogP) is 2.43. The van der Waals surface area contributed by atoms with E-state index >= 15 is 0 Å². The summed E-state index contributed by atoms with van der Waals surface area (Å²) < 4.78 is 5.47. The van der Waals surface area contributed by atoms with Gasteiger partial charge in [0, 0.05) is 5.69 Å². The first-order valence-corrected chi connectivity index (χ1v) is 5.28. The fourth-order valence-corrected chi connectivity index (χ4v) is 1.50. The van der Waals surface area contributed by atoms with E-state index in [2.05, 4.69) is 4.98 Å². The van der Waals surface area contributed by atoms with Crippen molar-refractivity contribution in [3.63, 3.8) is 0 Å². The second-order valence-corrected chi connectivity index (χ2v) is 3.68. The van der Waals surface area contributed by atoms with Crippen molar-refractivity contribution in [2.24, 2.45) is 0 Å². The normalized spacial score (nSPS) is 10.4. The first kappa shape index (κ1) is 11.4. The minimum absolute atomic E-state index is 0.184. The number of rotatable bonds is 5. The molecule has 1 aromatic carbocycles. The quantitative estimate of drug-likeness (QED) is 0.830. The molecule has 0 aliphatic rings. The molecule has 0 radical (unpaired) electrons. The molecule has 0 spiro atoms. The van der Waals surface area contributed by atoms with Crippen LogP contribution in [0.1, 0.15) is 21.7 Å². The van der Waals surface area contributed by atoms with Gasteiger partial charge < -0.3 is 14.8 Å². The van der Waals surface area contributed by atoms with Crippen molar-refractivity contribution in [2.45, 2.75) is 13.2 Å². The molecule has 0 aliphatic carbocycles. The van der Waals surface area contributed by atoms with Crippen LogP contribution in [-0.4, -0.2) is 16.1 Å². The lowest BCUT2D eigenvalue weighted by molar-refractivity contribution is 0.0689. The SMILES string of the molecule is O=C(O)c1ccc(COCc2ccccc2)[nH]1. The summed E-state index contributed by atoms with van der Waals surface area (Å²) in [6.45, 7) is 0.893. The minimum Gasteiger partial charge on any atom is -0.477 e. The minimum atomic E-state index is -0.959. The largest absolute Gasteiger partial charge is 0.477 e. The number of aromatic nitrogens is 1. The Hall–Kier alpha value is -2.07. The summed E-state index contributed by atoms with van der Waals surface area (Å²) in [4.78, 5) is 13.4. The van der Waals surface area contributed by atoms with Crippen molar-refractivity contribution >= 4 is 5.97 Å². The summed E-state index contributed by atoms with van der Waals surface area (Å²) in [6, 6.07) is 13.1. The molecule has 0 saturated carbocycles. The fourth-order valence-electron chi connectivity index (χ4n) is 1.50. The number of benzene rings is 1. The second kappa shape index (κ2) is 5.32. The maximum atomic E-state index is 10.6. The Balaban J connectivity index is 1.84. The van der Waals surface area contributed by atoms with E-state index in [1.165, 1.54) is 6.07 Å². The number of aromatic amines is 1. The molecule has 2 rings (SSSR count). The van der Waals surface area contributed by atoms with Gasteiger partial charge in [0.25, 0.3) is 0 Å². The van der Waals surface area contributed by atoms with E-state index in [9.17, 15) is 4.79 Å². The van der Waals surface area contributed by atoms with Crippen molar-refractivity contribution in [1.82, 2.24) is 4.98 Å². The number of hydrogen-bond acceptors (Lipinski definition) is 2. The Labute approximate surface area is 98.9 Å². The molecule has 2 aromatic rings. The van der Waals surface area contributed by atoms with E-state index in [4.69, 9.17) is 9.84 Å². The maximum Gasteiger partial charge on any atom is 0.352 e. The zero-order chi connectivity index (χ0) is 12.1. The van der Waals surface area contributed by atoms with Crippen molar-refractivity contribution in [2.75, 3.05) is 0 Å². The van der Waals surface area contributed by atoms with Gasteiger partial charge in [-0.2, -0.15) is 0 Å². The molecule has 0 unspecified atom stereocenters. The molecule has 0 saturated heterocycles. The van der Waals surface area contributed by atoms with Crippen LogP contribution in [-0.2, 0) is 18.0 Å². The van der Waals surface area contributed by atoms with Crippen LogP contribution in [0.2, 0.25) is 0 Å². The Bertz CT molecular complexity index is 490. The van der Waals surface area contributed by atoms with Gasteiger partial charge in [0.05, 0.1) is 13.2 Å². The summed E-state index contributed by atoms with van der Waals surface area (Å²) in [5.41, 5.74) is 2.04. The number of nitrogens with one attached hydrogen (secondary N) is 1. The average molecular weight is 231 g/mol. The Morgan fingerprint density at radius 1 is 1.12 bits per heavy atom. The molecule has 17 heavy (non-hydrogen) atoms. The van der Waals surface area contributed by atoms with Crippen LogP contribution < -0.4 is 0 Å². The molecular weight excluding hydrogens is 218 g/mol. The molecule has 1 heterocycles. The van der Waals surface area contributed by atoms with E-state index in [0.29, 0.717) is 13.2 Å². The van der Waals surface area contributed by atoms with Gasteiger partial charge in [-0.1, -0.05) is 30.3 Å². The summed E-state index contributed by atoms with van der Waals surface area (Å²) in [7, 11) is 0. The summed E-state index contributed by atoms with van der Waals surface area (Å²) in [5.74, 6) is -0.959. The molecule has 2 N–H and O–H groups in total. The van der Waals surface area contributed by atoms with Gasteiger partial charge in [-0.3, -0.25) is 0 Å². The number of carboxylic acid groups (broad SMARTS) is 1. The van der Waals surface area contributed by atoms with Crippen LogP contribution >= 0.6 is 0 Å². The average Bonchev–Trinajstić information content (AvgIpc) is 2.79. The first-order valence-electron chi connectivity index (χ1n) is 5.28. The second-order valence-electron chi connectivity index (χ2n) is 3.68. The van der Waals surface area contributed by atoms with Crippen molar-refractivity contribution in [3.05, 3.63) is 59.4 Å². The maximum absolute atomic E-state index is 10.6. The molecule has 88 valence electrons. The topological polar surface area (TPSA) is 62.3 Å². The Morgan fingerprint density at radius 3 is 2.53 bits per heavy atom. The molecule has 1 aromatic heterocycles. The first-order chi connectivity index (χ1) is 8.25.